The molecule has 0 radical (unpaired) electrons. The van der Waals surface area contributed by atoms with E-state index in [4.69, 9.17) is 9.05 Å². The number of aliphatic hydroxyl groups excluding tert-OH is 1. The quantitative estimate of drug-likeness (QED) is 0.0243. The summed E-state index contributed by atoms with van der Waals surface area (Å²) in [5.41, 5.74) is 0. The normalized spacial score (nSPS) is 14.0. The van der Waals surface area contributed by atoms with Gasteiger partial charge in [-0.05, 0) is 32.1 Å². The van der Waals surface area contributed by atoms with Crippen molar-refractivity contribution < 1.29 is 32.9 Å². The van der Waals surface area contributed by atoms with Gasteiger partial charge in [-0.15, -0.1) is 0 Å². The molecule has 0 saturated heterocycles. The van der Waals surface area contributed by atoms with Gasteiger partial charge >= 0.3 is 7.82 Å². The fraction of sp³-hybridized carbons (Fsp3) is 0.918. The lowest BCUT2D eigenvalue weighted by Gasteiger charge is -2.25. The van der Waals surface area contributed by atoms with E-state index in [2.05, 4.69) is 31.3 Å². The van der Waals surface area contributed by atoms with E-state index in [0.29, 0.717) is 17.4 Å². The molecule has 1 amide bonds. The molecule has 3 N–H and O–H groups in total. The first kappa shape index (κ1) is 69.0. The minimum atomic E-state index is -4.35. The largest absolute Gasteiger partial charge is 0.472 e. The zero-order chi connectivity index (χ0) is 51.3. The first-order valence-corrected chi connectivity index (χ1v) is 32.2. The maximum Gasteiger partial charge on any atom is 0.472 e. The van der Waals surface area contributed by atoms with Crippen LogP contribution >= 0.6 is 7.82 Å². The highest BCUT2D eigenvalue weighted by Crippen LogP contribution is 2.43. The van der Waals surface area contributed by atoms with Gasteiger partial charge in [0.15, 0.2) is 0 Å². The predicted molar refractivity (Wildman–Crippen MR) is 305 cm³/mol. The van der Waals surface area contributed by atoms with Crippen LogP contribution in [0, 0.1) is 0 Å². The van der Waals surface area contributed by atoms with Gasteiger partial charge in [-0.1, -0.05) is 295 Å². The summed E-state index contributed by atoms with van der Waals surface area (Å²) in [4.78, 5) is 23.3. The number of carbonyl (C=O) groups is 1. The van der Waals surface area contributed by atoms with E-state index in [0.717, 1.165) is 38.5 Å². The van der Waals surface area contributed by atoms with Crippen molar-refractivity contribution in [3.05, 3.63) is 24.3 Å². The molecule has 0 aromatic carbocycles. The summed E-state index contributed by atoms with van der Waals surface area (Å²) in [5, 5.41) is 13.9. The Balaban J connectivity index is 3.99. The SMILES string of the molecule is CCCCCCCCCCC/C=C/CC/C=C/C(O)C(COP(=O)(O)OCC[N+](C)(C)C)NC(=O)CCCCCCCCCCCCCCCCCCCCCCCCCCCCCCCCCCC. The first-order valence-electron chi connectivity index (χ1n) is 30.7. The van der Waals surface area contributed by atoms with Gasteiger partial charge in [-0.2, -0.15) is 0 Å². The Hall–Kier alpha value is -1.02. The highest BCUT2D eigenvalue weighted by atomic mass is 31.2. The molecule has 0 rings (SSSR count). The molecule has 0 heterocycles. The van der Waals surface area contributed by atoms with Gasteiger partial charge in [0.2, 0.25) is 5.91 Å². The molecule has 3 unspecified atom stereocenters. The van der Waals surface area contributed by atoms with Gasteiger partial charge in [0, 0.05) is 6.42 Å². The molecule has 3 atom stereocenters. The van der Waals surface area contributed by atoms with Gasteiger partial charge < -0.3 is 19.8 Å². The lowest BCUT2D eigenvalue weighted by Crippen LogP contribution is -2.45. The Bertz CT molecular complexity index is 1190. The smallest absolute Gasteiger partial charge is 0.387 e. The second-order valence-corrected chi connectivity index (χ2v) is 23.9. The van der Waals surface area contributed by atoms with Crippen molar-refractivity contribution in [1.29, 1.82) is 0 Å². The molecule has 70 heavy (non-hydrogen) atoms. The van der Waals surface area contributed by atoms with Crippen molar-refractivity contribution >= 4 is 13.7 Å². The molecule has 8 nitrogen and oxygen atoms in total. The lowest BCUT2D eigenvalue weighted by molar-refractivity contribution is -0.870. The summed E-state index contributed by atoms with van der Waals surface area (Å²) in [5.74, 6) is -0.181. The van der Waals surface area contributed by atoms with Crippen LogP contribution in [0.5, 0.6) is 0 Å². The van der Waals surface area contributed by atoms with Gasteiger partial charge in [0.1, 0.15) is 13.2 Å². The van der Waals surface area contributed by atoms with Crippen LogP contribution in [-0.4, -0.2) is 73.4 Å². The van der Waals surface area contributed by atoms with Crippen LogP contribution in [0.3, 0.4) is 0 Å². The number of phosphoric acid groups is 1. The Morgan fingerprint density at radius 1 is 0.471 bits per heavy atom. The molecule has 9 heteroatoms. The number of rotatable bonds is 57. The van der Waals surface area contributed by atoms with Crippen molar-refractivity contribution in [2.45, 2.75) is 321 Å². The fourth-order valence-corrected chi connectivity index (χ4v) is 10.1. The maximum absolute atomic E-state index is 13.0. The summed E-state index contributed by atoms with van der Waals surface area (Å²) in [7, 11) is 1.57. The average molecular weight is 1010 g/mol. The number of nitrogens with one attached hydrogen (secondary N) is 1. The molecular weight excluding hydrogens is 888 g/mol. The van der Waals surface area contributed by atoms with Crippen molar-refractivity contribution in [3.8, 4) is 0 Å². The van der Waals surface area contributed by atoms with Crippen LogP contribution in [-0.2, 0) is 18.4 Å². The number of hydrogen-bond donors (Lipinski definition) is 3. The molecule has 0 aliphatic carbocycles. The molecule has 0 aromatic heterocycles. The predicted octanol–water partition coefficient (Wildman–Crippen LogP) is 18.8. The van der Waals surface area contributed by atoms with Crippen LogP contribution < -0.4 is 5.32 Å². The van der Waals surface area contributed by atoms with E-state index in [1.54, 1.807) is 6.08 Å². The minimum Gasteiger partial charge on any atom is -0.387 e. The Morgan fingerprint density at radius 3 is 1.14 bits per heavy atom. The van der Waals surface area contributed by atoms with E-state index in [9.17, 15) is 19.4 Å². The van der Waals surface area contributed by atoms with Crippen LogP contribution in [0.1, 0.15) is 309 Å². The van der Waals surface area contributed by atoms with Gasteiger partial charge in [0.05, 0.1) is 39.9 Å². The third-order valence-electron chi connectivity index (χ3n) is 14.2. The fourth-order valence-electron chi connectivity index (χ4n) is 9.36. The third-order valence-corrected chi connectivity index (χ3v) is 15.2. The van der Waals surface area contributed by atoms with Crippen molar-refractivity contribution in [2.75, 3.05) is 40.9 Å². The Labute approximate surface area is 436 Å². The van der Waals surface area contributed by atoms with E-state index < -0.39 is 20.0 Å². The maximum atomic E-state index is 13.0. The minimum absolute atomic E-state index is 0.0587. The van der Waals surface area contributed by atoms with Crippen molar-refractivity contribution in [3.63, 3.8) is 0 Å². The van der Waals surface area contributed by atoms with E-state index in [1.165, 1.54) is 250 Å². The standard InChI is InChI=1S/C61H121N2O6P/c1-6-8-10-12-14-16-18-20-22-23-24-25-26-27-28-29-30-31-32-33-34-35-36-37-38-39-41-43-45-47-49-51-53-55-61(65)62-59(58-69-70(66,67)68-57-56-63(3,4)5)60(64)54-52-50-48-46-44-42-40-21-19-17-15-13-11-9-7-2/h44,46,52,54,59-60,64H,6-43,45,47-51,53,55-58H2,1-5H3,(H-,62,65,66,67)/p+1/b46-44+,54-52+. The van der Waals surface area contributed by atoms with E-state index in [-0.39, 0.29) is 19.1 Å². The van der Waals surface area contributed by atoms with Crippen LogP contribution in [0.2, 0.25) is 0 Å². The first-order chi connectivity index (χ1) is 34.0. The molecule has 0 bridgehead atoms. The summed E-state index contributed by atoms with van der Waals surface area (Å²) in [6, 6.07) is -0.860. The highest BCUT2D eigenvalue weighted by Gasteiger charge is 2.27. The summed E-state index contributed by atoms with van der Waals surface area (Å²) in [6.45, 7) is 4.83. The number of nitrogens with zero attached hydrogens (tertiary/aromatic N) is 1. The number of likely N-dealkylation sites (N-methyl/N-ethyl adjacent to an activating group) is 1. The second kappa shape index (κ2) is 52.8. The summed E-state index contributed by atoms with van der Waals surface area (Å²) < 4.78 is 23.7. The van der Waals surface area contributed by atoms with Crippen LogP contribution in [0.4, 0.5) is 0 Å². The molecule has 0 aromatic rings. The number of amides is 1. The number of quaternary nitrogens is 1. The number of carbonyl (C=O) groups excluding carboxylic acids is 1. The monoisotopic (exact) mass is 1010 g/mol. The van der Waals surface area contributed by atoms with Crippen molar-refractivity contribution in [1.82, 2.24) is 5.32 Å². The molecule has 0 fully saturated rings. The molecule has 0 spiro atoms. The van der Waals surface area contributed by atoms with Crippen molar-refractivity contribution in [2.24, 2.45) is 0 Å². The summed E-state index contributed by atoms with van der Waals surface area (Å²) >= 11 is 0. The van der Waals surface area contributed by atoms with Gasteiger partial charge in [-0.25, -0.2) is 4.57 Å². The molecule has 0 aliphatic rings. The van der Waals surface area contributed by atoms with Crippen LogP contribution in [0.15, 0.2) is 24.3 Å². The zero-order valence-electron chi connectivity index (χ0n) is 47.5. The number of allylic oxidation sites excluding steroid dienone is 3. The highest BCUT2D eigenvalue weighted by molar-refractivity contribution is 7.47. The second-order valence-electron chi connectivity index (χ2n) is 22.4. The Kier molecular flexibility index (Phi) is 52.1. The number of aliphatic hydroxyl groups is 1. The number of unbranched alkanes of at least 4 members (excludes halogenated alkanes) is 42. The Morgan fingerprint density at radius 2 is 0.786 bits per heavy atom. The zero-order valence-corrected chi connectivity index (χ0v) is 48.4. The molecular formula is C61H122N2O6P+. The molecule has 416 valence electrons. The average Bonchev–Trinajstić information content (AvgIpc) is 3.32. The lowest BCUT2D eigenvalue weighted by atomic mass is 10.0. The topological polar surface area (TPSA) is 105 Å². The van der Waals surface area contributed by atoms with E-state index in [1.807, 2.05) is 27.2 Å². The van der Waals surface area contributed by atoms with Crippen LogP contribution in [0.25, 0.3) is 0 Å². The molecule has 0 aliphatic heterocycles. The van der Waals surface area contributed by atoms with Gasteiger partial charge in [-0.3, -0.25) is 13.8 Å². The van der Waals surface area contributed by atoms with Gasteiger partial charge in [0.25, 0.3) is 0 Å². The number of phosphoric ester groups is 1. The third kappa shape index (κ3) is 54.7. The number of hydrogen-bond acceptors (Lipinski definition) is 5. The summed E-state index contributed by atoms with van der Waals surface area (Å²) in [6.07, 6.45) is 67.4. The molecule has 0 saturated carbocycles. The van der Waals surface area contributed by atoms with E-state index >= 15 is 0 Å².